The zero-order valence-electron chi connectivity index (χ0n) is 25.2. The highest BCUT2D eigenvalue weighted by atomic mass is 35.5. The number of benzene rings is 2. The van der Waals surface area contributed by atoms with E-state index >= 15 is 0 Å². The molecule has 8 nitrogen and oxygen atoms in total. The van der Waals surface area contributed by atoms with Crippen LogP contribution >= 0.6 is 11.6 Å². The molecule has 1 aliphatic carbocycles. The monoisotopic (exact) mass is 606 g/mol. The third kappa shape index (κ3) is 10.3. The summed E-state index contributed by atoms with van der Waals surface area (Å²) in [4.78, 5) is 40.3. The minimum atomic E-state index is -0.822. The van der Waals surface area contributed by atoms with Gasteiger partial charge in [0.15, 0.2) is 0 Å². The van der Waals surface area contributed by atoms with Crippen molar-refractivity contribution in [2.24, 2.45) is 17.8 Å². The summed E-state index contributed by atoms with van der Waals surface area (Å²) in [6, 6.07) is 12.9. The van der Waals surface area contributed by atoms with Crippen molar-refractivity contribution in [3.63, 3.8) is 0 Å². The highest BCUT2D eigenvalue weighted by Crippen LogP contribution is 2.33. The number of hydrogen-bond acceptors (Lipinski definition) is 5. The zero-order chi connectivity index (χ0) is 30.8. The first-order chi connectivity index (χ1) is 20.7. The van der Waals surface area contributed by atoms with E-state index in [0.717, 1.165) is 36.1 Å². The van der Waals surface area contributed by atoms with Gasteiger partial charge in [-0.05, 0) is 72.1 Å². The van der Waals surface area contributed by atoms with E-state index in [1.807, 2.05) is 50.2 Å². The second-order valence-electron chi connectivity index (χ2n) is 11.9. The van der Waals surface area contributed by atoms with E-state index < -0.39 is 18.1 Å². The van der Waals surface area contributed by atoms with Crippen molar-refractivity contribution in [2.75, 3.05) is 19.7 Å². The normalized spacial score (nSPS) is 24.2. The molecule has 230 valence electrons. The maximum Gasteiger partial charge on any atom is 0.243 e. The number of ether oxygens (including phenoxy) is 1. The summed E-state index contributed by atoms with van der Waals surface area (Å²) in [6.45, 7) is 7.02. The van der Waals surface area contributed by atoms with E-state index in [0.29, 0.717) is 37.1 Å². The molecule has 0 spiro atoms. The number of hydrogen-bond donors (Lipinski definition) is 4. The molecule has 4 atom stereocenters. The molecule has 9 heteroatoms. The first-order valence-electron chi connectivity index (χ1n) is 15.2. The Bertz CT molecular complexity index is 1340. The van der Waals surface area contributed by atoms with Crippen LogP contribution in [0.25, 0.3) is 6.08 Å². The fourth-order valence-electron chi connectivity index (χ4n) is 5.06. The summed E-state index contributed by atoms with van der Waals surface area (Å²) in [7, 11) is 0. The highest BCUT2D eigenvalue weighted by Gasteiger charge is 2.34. The van der Waals surface area contributed by atoms with Gasteiger partial charge in [0.25, 0.3) is 0 Å². The number of rotatable bonds is 5. The zero-order valence-corrected chi connectivity index (χ0v) is 26.0. The molecule has 1 fully saturated rings. The number of carbonyl (C=O) groups is 3. The molecule has 1 unspecified atom stereocenters. The van der Waals surface area contributed by atoms with E-state index in [1.54, 1.807) is 24.3 Å². The van der Waals surface area contributed by atoms with E-state index in [1.165, 1.54) is 0 Å². The molecule has 4 N–H and O–H groups in total. The van der Waals surface area contributed by atoms with Gasteiger partial charge in [0.1, 0.15) is 30.5 Å². The smallest absolute Gasteiger partial charge is 0.243 e. The third-order valence-corrected chi connectivity index (χ3v) is 7.91. The van der Waals surface area contributed by atoms with Crippen molar-refractivity contribution in [3.05, 3.63) is 76.5 Å². The predicted octanol–water partition coefficient (Wildman–Crippen LogP) is 4.28. The van der Waals surface area contributed by atoms with Gasteiger partial charge in [0.2, 0.25) is 17.7 Å². The van der Waals surface area contributed by atoms with Crippen LogP contribution in [0.1, 0.15) is 51.2 Å². The van der Waals surface area contributed by atoms with Gasteiger partial charge < -0.3 is 20.7 Å². The Kier molecular flexibility index (Phi) is 11.9. The minimum Gasteiger partial charge on any atom is -0.492 e. The lowest BCUT2D eigenvalue weighted by molar-refractivity contribution is -0.133. The number of halogens is 1. The second-order valence-corrected chi connectivity index (χ2v) is 12.4. The number of para-hydroxylation sites is 1. The Hall–Kier alpha value is -3.58. The Morgan fingerprint density at radius 3 is 2.56 bits per heavy atom. The molecular weight excluding hydrogens is 564 g/mol. The molecule has 4 rings (SSSR count). The second kappa shape index (κ2) is 15.8. The summed E-state index contributed by atoms with van der Waals surface area (Å²) in [5, 5.41) is 12.8. The van der Waals surface area contributed by atoms with Crippen LogP contribution in [0, 0.1) is 17.8 Å². The molecular formula is C34H43ClN4O4. The van der Waals surface area contributed by atoms with Crippen molar-refractivity contribution in [1.29, 1.82) is 0 Å². The van der Waals surface area contributed by atoms with E-state index in [-0.39, 0.29) is 29.6 Å². The number of fused-ring (bicyclic) bond motifs is 1. The van der Waals surface area contributed by atoms with Gasteiger partial charge in [-0.1, -0.05) is 75.5 Å². The van der Waals surface area contributed by atoms with Gasteiger partial charge in [0, 0.05) is 18.1 Å². The lowest BCUT2D eigenvalue weighted by Gasteiger charge is -2.27. The average Bonchev–Trinajstić information content (AvgIpc) is 3.79. The van der Waals surface area contributed by atoms with Crippen LogP contribution < -0.4 is 26.0 Å². The quantitative estimate of drug-likeness (QED) is 0.380. The molecule has 3 amide bonds. The summed E-state index contributed by atoms with van der Waals surface area (Å²) < 4.78 is 6.11. The first kappa shape index (κ1) is 32.3. The highest BCUT2D eigenvalue weighted by molar-refractivity contribution is 6.30. The van der Waals surface area contributed by atoms with Crippen LogP contribution in [0.15, 0.2) is 60.3 Å². The molecule has 2 aliphatic rings. The van der Waals surface area contributed by atoms with Crippen LogP contribution in [0.2, 0.25) is 5.02 Å². The Labute approximate surface area is 259 Å². The van der Waals surface area contributed by atoms with E-state index in [9.17, 15) is 14.4 Å². The van der Waals surface area contributed by atoms with Gasteiger partial charge in [0.05, 0.1) is 0 Å². The number of carbonyl (C=O) groups excluding carboxylic acids is 3. The fourth-order valence-corrected chi connectivity index (χ4v) is 5.26. The van der Waals surface area contributed by atoms with Crippen molar-refractivity contribution in [1.82, 2.24) is 21.3 Å². The van der Waals surface area contributed by atoms with Crippen LogP contribution in [-0.2, 0) is 20.8 Å². The lowest BCUT2D eigenvalue weighted by Crippen LogP contribution is -2.58. The summed E-state index contributed by atoms with van der Waals surface area (Å²) in [6.07, 6.45) is 6.79. The van der Waals surface area contributed by atoms with Crippen molar-refractivity contribution in [3.8, 4) is 5.75 Å². The van der Waals surface area contributed by atoms with Crippen LogP contribution in [0.4, 0.5) is 0 Å². The molecule has 2 aromatic rings. The molecule has 43 heavy (non-hydrogen) atoms. The van der Waals surface area contributed by atoms with Gasteiger partial charge in [-0.2, -0.15) is 0 Å². The molecule has 1 aliphatic heterocycles. The molecule has 0 saturated heterocycles. The number of nitrogens with one attached hydrogen (secondary N) is 4. The predicted molar refractivity (Wildman–Crippen MR) is 170 cm³/mol. The van der Waals surface area contributed by atoms with E-state index in [4.69, 9.17) is 16.3 Å². The Balaban J connectivity index is 1.59. The van der Waals surface area contributed by atoms with E-state index in [2.05, 4.69) is 33.9 Å². The van der Waals surface area contributed by atoms with Crippen molar-refractivity contribution in [2.45, 2.75) is 64.6 Å². The van der Waals surface area contributed by atoms with Crippen molar-refractivity contribution < 1.29 is 19.1 Å². The molecule has 2 aromatic carbocycles. The topological polar surface area (TPSA) is 109 Å². The van der Waals surface area contributed by atoms with Crippen LogP contribution in [-0.4, -0.2) is 55.5 Å². The summed E-state index contributed by atoms with van der Waals surface area (Å²) >= 11 is 6.11. The van der Waals surface area contributed by atoms with Gasteiger partial charge in [-0.25, -0.2) is 0 Å². The molecule has 0 bridgehead atoms. The molecule has 1 heterocycles. The first-order valence-corrected chi connectivity index (χ1v) is 15.6. The van der Waals surface area contributed by atoms with Crippen LogP contribution in [0.3, 0.4) is 0 Å². The largest absolute Gasteiger partial charge is 0.492 e. The molecule has 0 aromatic heterocycles. The maximum atomic E-state index is 13.6. The average molecular weight is 607 g/mol. The number of amides is 3. The lowest BCUT2D eigenvalue weighted by atomic mass is 9.99. The minimum absolute atomic E-state index is 0.159. The SMILES string of the molecule is CC(C)[C@H]1NC(=O)C(C=C=Cc2cccc(Cl)c2)NCCOc2ccccc2C[C@H](C)CNC(=O)[C@H](CC2CC2)NC1=O. The summed E-state index contributed by atoms with van der Waals surface area (Å²) in [5.41, 5.74) is 4.98. The van der Waals surface area contributed by atoms with Gasteiger partial charge in [-0.15, -0.1) is 5.73 Å². The standard InChI is InChI=1S/C34H43ClN4O4/c1-22(2)31-34(42)38-29(20-25-14-15-25)32(40)37-21-23(3)18-26-10-4-5-13-30(26)43-17-16-36-28(33(41)39-31)12-7-9-24-8-6-11-27(35)19-24/h4-6,8-13,19,22-23,25,28-29,31,36H,14-18,20-21H2,1-3H3,(H,37,40)(H,38,42)(H,39,41)/t7?,23-,28?,29-,31+/m0/s1. The Morgan fingerprint density at radius 1 is 1.02 bits per heavy atom. The third-order valence-electron chi connectivity index (χ3n) is 7.68. The van der Waals surface area contributed by atoms with Crippen molar-refractivity contribution >= 4 is 35.4 Å². The summed E-state index contributed by atoms with van der Waals surface area (Å²) in [5.74, 6) is 0.219. The maximum absolute atomic E-state index is 13.6. The molecule has 1 saturated carbocycles. The fraction of sp³-hybridized carbons (Fsp3) is 0.471. The van der Waals surface area contributed by atoms with Gasteiger partial charge >= 0.3 is 0 Å². The van der Waals surface area contributed by atoms with Gasteiger partial charge in [-0.3, -0.25) is 19.7 Å². The molecule has 0 radical (unpaired) electrons. The Morgan fingerprint density at radius 2 is 1.81 bits per heavy atom. The van der Waals surface area contributed by atoms with Crippen LogP contribution in [0.5, 0.6) is 5.75 Å².